The fourth-order valence-corrected chi connectivity index (χ4v) is 3.07. The van der Waals surface area contributed by atoms with Crippen molar-refractivity contribution < 1.29 is 4.79 Å². The average molecular weight is 268 g/mol. The molecule has 2 aromatic rings. The molecule has 0 spiro atoms. The van der Waals surface area contributed by atoms with Gasteiger partial charge in [-0.3, -0.25) is 4.79 Å². The minimum absolute atomic E-state index is 0.370. The molecule has 0 saturated carbocycles. The van der Waals surface area contributed by atoms with Crippen LogP contribution in [0.5, 0.6) is 0 Å². The van der Waals surface area contributed by atoms with E-state index in [1.54, 1.807) is 0 Å². The van der Waals surface area contributed by atoms with Gasteiger partial charge in [0.1, 0.15) is 11.5 Å². The van der Waals surface area contributed by atoms with E-state index < -0.39 is 0 Å². The lowest BCUT2D eigenvalue weighted by atomic mass is 10.0. The molecular formula is C17H20N2O. The van der Waals surface area contributed by atoms with Crippen molar-refractivity contribution in [3.8, 4) is 11.3 Å². The van der Waals surface area contributed by atoms with Gasteiger partial charge in [0.25, 0.3) is 0 Å². The molecule has 0 amide bonds. The largest absolute Gasteiger partial charge is 0.322 e. The van der Waals surface area contributed by atoms with Crippen LogP contribution in [0.4, 0.5) is 0 Å². The van der Waals surface area contributed by atoms with E-state index in [2.05, 4.69) is 42.7 Å². The van der Waals surface area contributed by atoms with Crippen molar-refractivity contribution in [1.82, 2.24) is 9.55 Å². The first-order chi connectivity index (χ1) is 9.74. The van der Waals surface area contributed by atoms with Crippen LogP contribution in [-0.2, 0) is 12.8 Å². The Kier molecular flexibility index (Phi) is 3.43. The van der Waals surface area contributed by atoms with Crippen LogP contribution in [0.25, 0.3) is 11.3 Å². The first kappa shape index (κ1) is 13.1. The smallest absolute Gasteiger partial charge is 0.168 e. The number of aldehydes is 1. The molecular weight excluding hydrogens is 248 g/mol. The number of rotatable bonds is 3. The van der Waals surface area contributed by atoms with Gasteiger partial charge in [-0.15, -0.1) is 0 Å². The Morgan fingerprint density at radius 1 is 1.35 bits per heavy atom. The Balaban J connectivity index is 2.11. The van der Waals surface area contributed by atoms with Crippen LogP contribution in [0, 0.1) is 0 Å². The number of nitrogens with zero attached hydrogens (tertiary/aromatic N) is 2. The molecule has 0 bridgehead atoms. The minimum Gasteiger partial charge on any atom is -0.322 e. The van der Waals surface area contributed by atoms with E-state index in [-0.39, 0.29) is 0 Å². The summed E-state index contributed by atoms with van der Waals surface area (Å²) in [5.41, 5.74) is 3.92. The van der Waals surface area contributed by atoms with Crippen LogP contribution in [0.15, 0.2) is 24.3 Å². The predicted molar refractivity (Wildman–Crippen MR) is 80.1 cm³/mol. The molecule has 20 heavy (non-hydrogen) atoms. The summed E-state index contributed by atoms with van der Waals surface area (Å²) in [6.07, 6.45) is 5.24. The Labute approximate surface area is 119 Å². The van der Waals surface area contributed by atoms with Crippen molar-refractivity contribution in [2.24, 2.45) is 0 Å². The zero-order chi connectivity index (χ0) is 14.1. The second kappa shape index (κ2) is 5.23. The quantitative estimate of drug-likeness (QED) is 0.793. The maximum absolute atomic E-state index is 11.5. The Bertz CT molecular complexity index is 625. The minimum atomic E-state index is 0.370. The van der Waals surface area contributed by atoms with E-state index in [4.69, 9.17) is 4.98 Å². The number of carbonyl (C=O) groups is 1. The summed E-state index contributed by atoms with van der Waals surface area (Å²) in [5, 5.41) is 0. The molecule has 1 aliphatic rings. The lowest BCUT2D eigenvalue weighted by molar-refractivity contribution is 0.111. The Hall–Kier alpha value is -1.90. The van der Waals surface area contributed by atoms with Gasteiger partial charge < -0.3 is 4.57 Å². The normalized spacial score (nSPS) is 17.8. The van der Waals surface area contributed by atoms with Crippen LogP contribution in [0.1, 0.15) is 54.6 Å². The number of hydrogen-bond acceptors (Lipinski definition) is 2. The summed E-state index contributed by atoms with van der Waals surface area (Å²) >= 11 is 0. The summed E-state index contributed by atoms with van der Waals surface area (Å²) in [6.45, 7) is 4.31. The molecule has 3 nitrogen and oxygen atoms in total. The van der Waals surface area contributed by atoms with Crippen molar-refractivity contribution in [3.05, 3.63) is 41.3 Å². The zero-order valence-corrected chi connectivity index (χ0v) is 12.1. The van der Waals surface area contributed by atoms with E-state index in [0.29, 0.717) is 6.04 Å². The molecule has 0 N–H and O–H groups in total. The number of hydrogen-bond donors (Lipinski definition) is 0. The van der Waals surface area contributed by atoms with Crippen LogP contribution in [-0.4, -0.2) is 15.8 Å². The molecule has 104 valence electrons. The standard InChI is InChI=1S/C17H20N2O/c1-3-13-7-9-14(10-8-13)17-15(11-20)19-12(2)5-4-6-16(19)18-17/h7-12H,3-6H2,1-2H3. The van der Waals surface area contributed by atoms with Gasteiger partial charge in [-0.25, -0.2) is 4.98 Å². The SMILES string of the molecule is CCc1ccc(-c2nc3n(c2C=O)C(C)CCC3)cc1. The number of benzene rings is 1. The molecule has 1 unspecified atom stereocenters. The van der Waals surface area contributed by atoms with Gasteiger partial charge in [-0.05, 0) is 31.7 Å². The lowest BCUT2D eigenvalue weighted by Gasteiger charge is -2.22. The van der Waals surface area contributed by atoms with Gasteiger partial charge >= 0.3 is 0 Å². The summed E-state index contributed by atoms with van der Waals surface area (Å²) < 4.78 is 2.12. The van der Waals surface area contributed by atoms with Crippen LogP contribution < -0.4 is 0 Å². The predicted octanol–water partition coefficient (Wildman–Crippen LogP) is 3.82. The number of fused-ring (bicyclic) bond motifs is 1. The first-order valence-electron chi connectivity index (χ1n) is 7.40. The highest BCUT2D eigenvalue weighted by molar-refractivity contribution is 5.84. The highest BCUT2D eigenvalue weighted by Crippen LogP contribution is 2.31. The van der Waals surface area contributed by atoms with Crippen LogP contribution in [0.3, 0.4) is 0 Å². The lowest BCUT2D eigenvalue weighted by Crippen LogP contribution is -2.17. The summed E-state index contributed by atoms with van der Waals surface area (Å²) in [6, 6.07) is 8.75. The third-order valence-corrected chi connectivity index (χ3v) is 4.23. The van der Waals surface area contributed by atoms with E-state index in [0.717, 1.165) is 54.7 Å². The second-order valence-corrected chi connectivity index (χ2v) is 5.54. The summed E-state index contributed by atoms with van der Waals surface area (Å²) in [5.74, 6) is 1.06. The topological polar surface area (TPSA) is 34.9 Å². The molecule has 0 fully saturated rings. The molecule has 1 aromatic carbocycles. The van der Waals surface area contributed by atoms with Crippen LogP contribution in [0.2, 0.25) is 0 Å². The fraction of sp³-hybridized carbons (Fsp3) is 0.412. The fourth-order valence-electron chi connectivity index (χ4n) is 3.07. The molecule has 0 saturated heterocycles. The molecule has 1 aromatic heterocycles. The number of aromatic nitrogens is 2. The first-order valence-corrected chi connectivity index (χ1v) is 7.40. The van der Waals surface area contributed by atoms with Gasteiger partial charge in [0.05, 0.1) is 5.69 Å². The second-order valence-electron chi connectivity index (χ2n) is 5.54. The van der Waals surface area contributed by atoms with Crippen molar-refractivity contribution in [3.63, 3.8) is 0 Å². The molecule has 0 aliphatic carbocycles. The van der Waals surface area contributed by atoms with Crippen molar-refractivity contribution in [2.75, 3.05) is 0 Å². The molecule has 2 heterocycles. The highest BCUT2D eigenvalue weighted by atomic mass is 16.1. The van der Waals surface area contributed by atoms with Gasteiger partial charge in [-0.1, -0.05) is 31.2 Å². The zero-order valence-electron chi connectivity index (χ0n) is 12.1. The van der Waals surface area contributed by atoms with E-state index in [9.17, 15) is 4.79 Å². The van der Waals surface area contributed by atoms with Crippen molar-refractivity contribution in [2.45, 2.75) is 45.6 Å². The van der Waals surface area contributed by atoms with E-state index >= 15 is 0 Å². The molecule has 3 heteroatoms. The monoisotopic (exact) mass is 268 g/mol. The molecule has 0 radical (unpaired) electrons. The number of imidazole rings is 1. The molecule has 1 aliphatic heterocycles. The molecule has 3 rings (SSSR count). The number of aryl methyl sites for hydroxylation is 2. The summed E-state index contributed by atoms with van der Waals surface area (Å²) in [4.78, 5) is 16.3. The maximum atomic E-state index is 11.5. The van der Waals surface area contributed by atoms with Gasteiger partial charge in [-0.2, -0.15) is 0 Å². The van der Waals surface area contributed by atoms with Crippen molar-refractivity contribution >= 4 is 6.29 Å². The third kappa shape index (κ3) is 2.07. The van der Waals surface area contributed by atoms with Gasteiger partial charge in [0.15, 0.2) is 6.29 Å². The Morgan fingerprint density at radius 2 is 2.10 bits per heavy atom. The Morgan fingerprint density at radius 3 is 2.75 bits per heavy atom. The third-order valence-electron chi connectivity index (χ3n) is 4.23. The maximum Gasteiger partial charge on any atom is 0.168 e. The van der Waals surface area contributed by atoms with Gasteiger partial charge in [0.2, 0.25) is 0 Å². The molecule has 1 atom stereocenters. The highest BCUT2D eigenvalue weighted by Gasteiger charge is 2.24. The average Bonchev–Trinajstić information content (AvgIpc) is 2.87. The number of carbonyl (C=O) groups excluding carboxylic acids is 1. The van der Waals surface area contributed by atoms with E-state index in [1.807, 2.05) is 0 Å². The van der Waals surface area contributed by atoms with E-state index in [1.165, 1.54) is 5.56 Å². The summed E-state index contributed by atoms with van der Waals surface area (Å²) in [7, 11) is 0. The van der Waals surface area contributed by atoms with Crippen LogP contribution >= 0.6 is 0 Å². The van der Waals surface area contributed by atoms with Gasteiger partial charge in [0, 0.05) is 18.0 Å². The van der Waals surface area contributed by atoms with Crippen molar-refractivity contribution in [1.29, 1.82) is 0 Å².